The molecule has 0 atom stereocenters. The summed E-state index contributed by atoms with van der Waals surface area (Å²) in [4.78, 5) is 43.7. The van der Waals surface area contributed by atoms with Gasteiger partial charge in [0.05, 0.1) is 29.9 Å². The van der Waals surface area contributed by atoms with Crippen LogP contribution in [0.4, 0.5) is 5.69 Å². The molecule has 2 N–H and O–H groups in total. The number of hydrogen-bond donors (Lipinski definition) is 2. The van der Waals surface area contributed by atoms with Gasteiger partial charge in [0.1, 0.15) is 11.4 Å². The number of rotatable bonds is 7. The quantitative estimate of drug-likeness (QED) is 0.452. The number of para-hydroxylation sites is 1. The molecule has 0 spiro atoms. The molecule has 9 nitrogen and oxygen atoms in total. The molecular weight excluding hydrogens is 394 g/mol. The molecule has 152 valence electrons. The largest absolute Gasteiger partial charge is 0.461 e. The van der Waals surface area contributed by atoms with Crippen molar-refractivity contribution in [2.24, 2.45) is 7.05 Å². The van der Waals surface area contributed by atoms with Crippen LogP contribution in [0.25, 0.3) is 5.69 Å². The van der Waals surface area contributed by atoms with Crippen LogP contribution >= 0.6 is 11.8 Å². The topological polar surface area (TPSA) is 111 Å². The maximum absolute atomic E-state index is 12.8. The lowest BCUT2D eigenvalue weighted by Gasteiger charge is -2.07. The predicted octanol–water partition coefficient (Wildman–Crippen LogP) is 2.12. The standard InChI is InChI=1S/C19H21N5O4S/c1-4-28-18(27)14-10-20-19(21-14)29-11-15(25)22-16-12(2)23(3)24(17(16)26)13-8-6-5-7-9-13/h5-10H,4,11H2,1-3H3,(H,20,21)(H,22,25). The van der Waals surface area contributed by atoms with Crippen molar-refractivity contribution in [1.29, 1.82) is 0 Å². The Kier molecular flexibility index (Phi) is 6.23. The molecule has 0 aliphatic carbocycles. The Labute approximate surface area is 171 Å². The molecule has 2 aromatic heterocycles. The van der Waals surface area contributed by atoms with E-state index in [0.717, 1.165) is 11.8 Å². The van der Waals surface area contributed by atoms with Gasteiger partial charge in [-0.15, -0.1) is 0 Å². The fourth-order valence-electron chi connectivity index (χ4n) is 2.71. The molecule has 0 fully saturated rings. The number of carbonyl (C=O) groups excluding carboxylic acids is 2. The number of hydrogen-bond acceptors (Lipinski definition) is 6. The molecule has 2 heterocycles. The summed E-state index contributed by atoms with van der Waals surface area (Å²) in [5.41, 5.74) is 1.49. The number of amides is 1. The third kappa shape index (κ3) is 4.43. The summed E-state index contributed by atoms with van der Waals surface area (Å²) in [7, 11) is 1.76. The molecule has 29 heavy (non-hydrogen) atoms. The molecule has 3 rings (SSSR count). The first-order valence-electron chi connectivity index (χ1n) is 8.91. The second kappa shape index (κ2) is 8.82. The van der Waals surface area contributed by atoms with Gasteiger partial charge in [0, 0.05) is 7.05 Å². The minimum Gasteiger partial charge on any atom is -0.461 e. The zero-order valence-electron chi connectivity index (χ0n) is 16.3. The highest BCUT2D eigenvalue weighted by atomic mass is 32.2. The number of H-pyrrole nitrogens is 1. The molecule has 0 saturated carbocycles. The van der Waals surface area contributed by atoms with Crippen LogP contribution in [0.1, 0.15) is 23.1 Å². The number of thioether (sulfide) groups is 1. The number of benzene rings is 1. The monoisotopic (exact) mass is 415 g/mol. The molecular formula is C19H21N5O4S. The molecule has 1 aromatic carbocycles. The van der Waals surface area contributed by atoms with E-state index < -0.39 is 5.97 Å². The number of aromatic amines is 1. The Morgan fingerprint density at radius 2 is 2.00 bits per heavy atom. The maximum atomic E-state index is 12.8. The highest BCUT2D eigenvalue weighted by Gasteiger charge is 2.18. The van der Waals surface area contributed by atoms with Gasteiger partial charge in [0.25, 0.3) is 5.56 Å². The van der Waals surface area contributed by atoms with Gasteiger partial charge in [-0.1, -0.05) is 30.0 Å². The van der Waals surface area contributed by atoms with Crippen molar-refractivity contribution in [3.63, 3.8) is 0 Å². The van der Waals surface area contributed by atoms with E-state index in [1.807, 2.05) is 30.3 Å². The number of nitrogens with zero attached hydrogens (tertiary/aromatic N) is 3. The Morgan fingerprint density at radius 1 is 1.28 bits per heavy atom. The number of esters is 1. The summed E-state index contributed by atoms with van der Waals surface area (Å²) in [5, 5.41) is 3.09. The van der Waals surface area contributed by atoms with E-state index in [4.69, 9.17) is 4.74 Å². The number of nitrogens with one attached hydrogen (secondary N) is 2. The van der Waals surface area contributed by atoms with Gasteiger partial charge in [0.15, 0.2) is 5.16 Å². The lowest BCUT2D eigenvalue weighted by Crippen LogP contribution is -2.23. The Morgan fingerprint density at radius 3 is 2.69 bits per heavy atom. The fraction of sp³-hybridized carbons (Fsp3) is 0.263. The van der Waals surface area contributed by atoms with Gasteiger partial charge in [-0.2, -0.15) is 0 Å². The van der Waals surface area contributed by atoms with E-state index >= 15 is 0 Å². The molecule has 3 aromatic rings. The van der Waals surface area contributed by atoms with Crippen molar-refractivity contribution in [2.45, 2.75) is 19.0 Å². The summed E-state index contributed by atoms with van der Waals surface area (Å²) in [6.07, 6.45) is 1.36. The third-order valence-corrected chi connectivity index (χ3v) is 5.09. The highest BCUT2D eigenvalue weighted by Crippen LogP contribution is 2.17. The molecule has 0 saturated heterocycles. The molecule has 1 amide bonds. The first-order valence-corrected chi connectivity index (χ1v) is 9.89. The number of aromatic nitrogens is 4. The van der Waals surface area contributed by atoms with E-state index in [9.17, 15) is 14.4 Å². The molecule has 0 aliphatic rings. The number of anilines is 1. The average molecular weight is 415 g/mol. The normalized spacial score (nSPS) is 10.7. The fourth-order valence-corrected chi connectivity index (χ4v) is 3.36. The summed E-state index contributed by atoms with van der Waals surface area (Å²) in [6, 6.07) is 9.19. The van der Waals surface area contributed by atoms with E-state index in [-0.39, 0.29) is 35.2 Å². The summed E-state index contributed by atoms with van der Waals surface area (Å²) in [6.45, 7) is 3.74. The van der Waals surface area contributed by atoms with Crippen molar-refractivity contribution < 1.29 is 14.3 Å². The number of imidazole rings is 1. The number of carbonyl (C=O) groups is 2. The SMILES string of the molecule is CCOC(=O)c1cnc(SCC(=O)Nc2c(C)n(C)n(-c3ccccc3)c2=O)[nH]1. The summed E-state index contributed by atoms with van der Waals surface area (Å²) >= 11 is 1.12. The third-order valence-electron chi connectivity index (χ3n) is 4.21. The lowest BCUT2D eigenvalue weighted by atomic mass is 10.3. The van der Waals surface area contributed by atoms with Crippen molar-refractivity contribution in [3.8, 4) is 5.69 Å². The molecule has 0 unspecified atom stereocenters. The molecule has 10 heteroatoms. The van der Waals surface area contributed by atoms with Crippen LogP contribution in [-0.4, -0.2) is 43.6 Å². The molecule has 0 bridgehead atoms. The van der Waals surface area contributed by atoms with Gasteiger partial charge in [-0.25, -0.2) is 14.5 Å². The smallest absolute Gasteiger partial charge is 0.356 e. The first-order chi connectivity index (χ1) is 13.9. The molecule has 0 aliphatic heterocycles. The Bertz CT molecular complexity index is 1080. The van der Waals surface area contributed by atoms with Crippen molar-refractivity contribution in [2.75, 3.05) is 17.7 Å². The summed E-state index contributed by atoms with van der Waals surface area (Å²) < 4.78 is 8.07. The number of ether oxygens (including phenoxy) is 1. The first kappa shape index (κ1) is 20.5. The Balaban J connectivity index is 1.69. The molecule has 0 radical (unpaired) electrons. The van der Waals surface area contributed by atoms with Crippen molar-refractivity contribution in [3.05, 3.63) is 58.3 Å². The van der Waals surface area contributed by atoms with Crippen LogP contribution in [0.15, 0.2) is 46.5 Å². The van der Waals surface area contributed by atoms with Gasteiger partial charge in [-0.3, -0.25) is 14.3 Å². The van der Waals surface area contributed by atoms with Gasteiger partial charge in [0.2, 0.25) is 5.91 Å². The van der Waals surface area contributed by atoms with Crippen LogP contribution in [0.5, 0.6) is 0 Å². The summed E-state index contributed by atoms with van der Waals surface area (Å²) in [5.74, 6) is -0.831. The minimum atomic E-state index is -0.502. The van der Waals surface area contributed by atoms with Crippen LogP contribution in [0.2, 0.25) is 0 Å². The van der Waals surface area contributed by atoms with Gasteiger partial charge in [-0.05, 0) is 26.0 Å². The van der Waals surface area contributed by atoms with E-state index in [2.05, 4.69) is 15.3 Å². The van der Waals surface area contributed by atoms with Crippen LogP contribution in [0, 0.1) is 6.92 Å². The van der Waals surface area contributed by atoms with Gasteiger partial charge < -0.3 is 15.0 Å². The lowest BCUT2D eigenvalue weighted by molar-refractivity contribution is -0.113. The Hall–Kier alpha value is -3.27. The van der Waals surface area contributed by atoms with Crippen molar-refractivity contribution >= 4 is 29.3 Å². The van der Waals surface area contributed by atoms with Crippen LogP contribution < -0.4 is 10.9 Å². The van der Waals surface area contributed by atoms with E-state index in [0.29, 0.717) is 16.5 Å². The zero-order valence-corrected chi connectivity index (χ0v) is 17.1. The second-order valence-corrected chi connectivity index (χ2v) is 7.06. The van der Waals surface area contributed by atoms with E-state index in [1.54, 1.807) is 25.6 Å². The average Bonchev–Trinajstić information content (AvgIpc) is 3.27. The second-order valence-electron chi connectivity index (χ2n) is 6.10. The van der Waals surface area contributed by atoms with Crippen LogP contribution in [0.3, 0.4) is 0 Å². The van der Waals surface area contributed by atoms with Gasteiger partial charge >= 0.3 is 5.97 Å². The van der Waals surface area contributed by atoms with E-state index in [1.165, 1.54) is 10.9 Å². The predicted molar refractivity (Wildman–Crippen MR) is 110 cm³/mol. The van der Waals surface area contributed by atoms with Crippen molar-refractivity contribution in [1.82, 2.24) is 19.3 Å². The maximum Gasteiger partial charge on any atom is 0.356 e. The highest BCUT2D eigenvalue weighted by molar-refractivity contribution is 7.99. The van der Waals surface area contributed by atoms with Crippen LogP contribution in [-0.2, 0) is 16.6 Å². The zero-order chi connectivity index (χ0) is 21.0. The minimum absolute atomic E-state index is 0.0227.